The van der Waals surface area contributed by atoms with Gasteiger partial charge >= 0.3 is 0 Å². The number of piperazine rings is 1. The molecule has 2 heterocycles. The Balaban J connectivity index is 1.43. The molecule has 1 fully saturated rings. The van der Waals surface area contributed by atoms with Gasteiger partial charge in [0.1, 0.15) is 25.6 Å². The topological polar surface area (TPSA) is 60.3 Å². The molecule has 0 bridgehead atoms. The molecule has 4 rings (SSSR count). The summed E-state index contributed by atoms with van der Waals surface area (Å²) >= 11 is 0. The molecule has 0 aliphatic carbocycles. The molecule has 2 aromatic carbocycles. The maximum Gasteiger partial charge on any atom is 0.243 e. The lowest BCUT2D eigenvalue weighted by Crippen LogP contribution is -3.13. The average molecular weight is 393 g/mol. The van der Waals surface area contributed by atoms with Gasteiger partial charge in [-0.1, -0.05) is 18.2 Å². The normalized spacial score (nSPS) is 18.4. The third-order valence-corrected chi connectivity index (χ3v) is 6.87. The molecular weight excluding hydrogens is 371 g/mol. The minimum Gasteiger partial charge on any atom is -0.486 e. The van der Waals surface area contributed by atoms with E-state index in [1.54, 1.807) is 24.3 Å². The zero-order chi connectivity index (χ0) is 18.9. The first kappa shape index (κ1) is 18.2. The molecule has 0 spiro atoms. The number of benzene rings is 2. The summed E-state index contributed by atoms with van der Waals surface area (Å²) in [7, 11) is -3.59. The number of ether oxygens (including phenoxy) is 2. The van der Waals surface area contributed by atoms with Crippen molar-refractivity contribution in [2.24, 2.45) is 0 Å². The predicted octanol–water partition coefficient (Wildman–Crippen LogP) is 0.686. The standard InChI is InChI=1S/C19H21FN2O4S/c20-17-4-2-1-3-15(17)14-21-7-9-22(10-8-21)27(23,24)16-5-6-18-19(13-16)26-12-11-25-18/h1-6,13H,7-12,14H2/p+1. The van der Waals surface area contributed by atoms with Gasteiger partial charge in [0.05, 0.1) is 31.1 Å². The van der Waals surface area contributed by atoms with Crippen LogP contribution in [0.15, 0.2) is 47.4 Å². The van der Waals surface area contributed by atoms with E-state index in [1.165, 1.54) is 21.3 Å². The summed E-state index contributed by atoms with van der Waals surface area (Å²) in [6.45, 7) is 3.52. The number of nitrogens with zero attached hydrogens (tertiary/aromatic N) is 1. The minimum absolute atomic E-state index is 0.212. The van der Waals surface area contributed by atoms with E-state index in [9.17, 15) is 12.8 Å². The smallest absolute Gasteiger partial charge is 0.243 e. The van der Waals surface area contributed by atoms with Crippen molar-refractivity contribution in [3.63, 3.8) is 0 Å². The van der Waals surface area contributed by atoms with Crippen LogP contribution in [0.4, 0.5) is 4.39 Å². The van der Waals surface area contributed by atoms with Crippen molar-refractivity contribution in [1.29, 1.82) is 0 Å². The third-order valence-electron chi connectivity index (χ3n) is 4.98. The highest BCUT2D eigenvalue weighted by atomic mass is 32.2. The van der Waals surface area contributed by atoms with E-state index in [0.717, 1.165) is 0 Å². The molecule has 0 radical (unpaired) electrons. The van der Waals surface area contributed by atoms with Crippen LogP contribution in [0.3, 0.4) is 0 Å². The van der Waals surface area contributed by atoms with Crippen LogP contribution in [0.2, 0.25) is 0 Å². The molecule has 2 aromatic rings. The zero-order valence-electron chi connectivity index (χ0n) is 14.9. The Hall–Kier alpha value is -2.16. The largest absolute Gasteiger partial charge is 0.486 e. The van der Waals surface area contributed by atoms with Crippen LogP contribution >= 0.6 is 0 Å². The van der Waals surface area contributed by atoms with E-state index in [1.807, 2.05) is 6.07 Å². The summed E-state index contributed by atoms with van der Waals surface area (Å²) < 4.78 is 52.2. The molecule has 1 saturated heterocycles. The molecule has 0 amide bonds. The van der Waals surface area contributed by atoms with Crippen molar-refractivity contribution in [3.8, 4) is 11.5 Å². The summed E-state index contributed by atoms with van der Waals surface area (Å²) in [5.74, 6) is 0.821. The van der Waals surface area contributed by atoms with Crippen LogP contribution < -0.4 is 14.4 Å². The minimum atomic E-state index is -3.59. The number of nitrogens with one attached hydrogen (secondary N) is 1. The summed E-state index contributed by atoms with van der Waals surface area (Å²) in [5.41, 5.74) is 0.663. The second kappa shape index (κ2) is 7.46. The third kappa shape index (κ3) is 3.78. The fraction of sp³-hybridized carbons (Fsp3) is 0.368. The zero-order valence-corrected chi connectivity index (χ0v) is 15.7. The van der Waals surface area contributed by atoms with E-state index < -0.39 is 10.0 Å². The Morgan fingerprint density at radius 1 is 1.00 bits per heavy atom. The molecule has 144 valence electrons. The number of quaternary nitrogens is 1. The Labute approximate surface area is 158 Å². The Morgan fingerprint density at radius 3 is 2.44 bits per heavy atom. The van der Waals surface area contributed by atoms with Gasteiger partial charge in [0.2, 0.25) is 10.0 Å². The molecule has 0 saturated carbocycles. The lowest BCUT2D eigenvalue weighted by atomic mass is 10.2. The molecule has 0 atom stereocenters. The second-order valence-electron chi connectivity index (χ2n) is 6.73. The Morgan fingerprint density at radius 2 is 1.70 bits per heavy atom. The van der Waals surface area contributed by atoms with E-state index in [2.05, 4.69) is 0 Å². The first-order chi connectivity index (χ1) is 13.0. The fourth-order valence-electron chi connectivity index (χ4n) is 3.46. The number of halogens is 1. The van der Waals surface area contributed by atoms with E-state index in [0.29, 0.717) is 63.0 Å². The van der Waals surface area contributed by atoms with Gasteiger partial charge in [-0.25, -0.2) is 12.8 Å². The highest BCUT2D eigenvalue weighted by Crippen LogP contribution is 2.33. The molecule has 8 heteroatoms. The van der Waals surface area contributed by atoms with Crippen molar-refractivity contribution in [2.45, 2.75) is 11.4 Å². The molecule has 2 aliphatic heterocycles. The van der Waals surface area contributed by atoms with E-state index in [-0.39, 0.29) is 10.7 Å². The highest BCUT2D eigenvalue weighted by molar-refractivity contribution is 7.89. The van der Waals surface area contributed by atoms with Crippen LogP contribution in [0.5, 0.6) is 11.5 Å². The van der Waals surface area contributed by atoms with Crippen molar-refractivity contribution < 1.29 is 27.2 Å². The second-order valence-corrected chi connectivity index (χ2v) is 8.67. The number of rotatable bonds is 4. The average Bonchev–Trinajstić information content (AvgIpc) is 2.70. The summed E-state index contributed by atoms with van der Waals surface area (Å²) in [6, 6.07) is 11.5. The van der Waals surface area contributed by atoms with Gasteiger partial charge in [-0.15, -0.1) is 0 Å². The summed E-state index contributed by atoms with van der Waals surface area (Å²) in [6.07, 6.45) is 0. The quantitative estimate of drug-likeness (QED) is 0.830. The van der Waals surface area contributed by atoms with Crippen LogP contribution in [0.1, 0.15) is 5.56 Å². The maximum atomic E-state index is 13.8. The molecule has 2 aliphatic rings. The first-order valence-electron chi connectivity index (χ1n) is 9.01. The van der Waals surface area contributed by atoms with Crippen LogP contribution in [0, 0.1) is 5.82 Å². The summed E-state index contributed by atoms with van der Waals surface area (Å²) in [4.78, 5) is 1.39. The van der Waals surface area contributed by atoms with E-state index in [4.69, 9.17) is 9.47 Å². The van der Waals surface area contributed by atoms with Crippen LogP contribution in [-0.4, -0.2) is 52.1 Å². The molecular formula is C19H22FN2O4S+. The highest BCUT2D eigenvalue weighted by Gasteiger charge is 2.31. The molecule has 0 unspecified atom stereocenters. The SMILES string of the molecule is O=S(=O)(c1ccc2c(c1)OCCO2)N1CC[NH+](Cc2ccccc2F)CC1. The lowest BCUT2D eigenvalue weighted by molar-refractivity contribution is -0.917. The molecule has 6 nitrogen and oxygen atoms in total. The number of hydrogen-bond acceptors (Lipinski definition) is 4. The van der Waals surface area contributed by atoms with Crippen molar-refractivity contribution >= 4 is 10.0 Å². The van der Waals surface area contributed by atoms with Crippen molar-refractivity contribution in [1.82, 2.24) is 4.31 Å². The number of fused-ring (bicyclic) bond motifs is 1. The van der Waals surface area contributed by atoms with Crippen LogP contribution in [-0.2, 0) is 16.6 Å². The number of hydrogen-bond donors (Lipinski definition) is 1. The molecule has 27 heavy (non-hydrogen) atoms. The van der Waals surface area contributed by atoms with Crippen molar-refractivity contribution in [3.05, 3.63) is 53.8 Å². The Kier molecular flexibility index (Phi) is 5.03. The maximum absolute atomic E-state index is 13.8. The number of sulfonamides is 1. The van der Waals surface area contributed by atoms with Gasteiger partial charge in [0.25, 0.3) is 0 Å². The van der Waals surface area contributed by atoms with Gasteiger partial charge < -0.3 is 14.4 Å². The van der Waals surface area contributed by atoms with Gasteiger partial charge in [0, 0.05) is 11.6 Å². The Bertz CT molecular complexity index is 927. The summed E-state index contributed by atoms with van der Waals surface area (Å²) in [5, 5.41) is 0. The van der Waals surface area contributed by atoms with Gasteiger partial charge in [-0.05, 0) is 18.2 Å². The van der Waals surface area contributed by atoms with Crippen LogP contribution in [0.25, 0.3) is 0 Å². The monoisotopic (exact) mass is 393 g/mol. The lowest BCUT2D eigenvalue weighted by Gasteiger charge is -2.31. The fourth-order valence-corrected chi connectivity index (χ4v) is 4.92. The predicted molar refractivity (Wildman–Crippen MR) is 97.0 cm³/mol. The molecule has 1 N–H and O–H groups in total. The van der Waals surface area contributed by atoms with Gasteiger partial charge in [-0.2, -0.15) is 4.31 Å². The molecule has 0 aromatic heterocycles. The van der Waals surface area contributed by atoms with Crippen molar-refractivity contribution in [2.75, 3.05) is 39.4 Å². The first-order valence-corrected chi connectivity index (χ1v) is 10.4. The van der Waals surface area contributed by atoms with Gasteiger partial charge in [0.15, 0.2) is 11.5 Å². The van der Waals surface area contributed by atoms with Gasteiger partial charge in [-0.3, -0.25) is 0 Å². The van der Waals surface area contributed by atoms with E-state index >= 15 is 0 Å².